The molecule has 1 amide bonds. The van der Waals surface area contributed by atoms with Crippen molar-refractivity contribution in [2.24, 2.45) is 4.99 Å². The van der Waals surface area contributed by atoms with Gasteiger partial charge in [0, 0.05) is 6.54 Å². The highest BCUT2D eigenvalue weighted by Crippen LogP contribution is 2.37. The molecule has 4 rings (SSSR count). The lowest BCUT2D eigenvalue weighted by Crippen LogP contribution is -2.48. The van der Waals surface area contributed by atoms with Crippen molar-refractivity contribution >= 4 is 45.1 Å². The summed E-state index contributed by atoms with van der Waals surface area (Å²) in [6.45, 7) is 6.49. The van der Waals surface area contributed by atoms with Gasteiger partial charge in [0.25, 0.3) is 15.9 Å². The molecule has 0 bridgehead atoms. The van der Waals surface area contributed by atoms with E-state index in [1.807, 2.05) is 19.9 Å². The van der Waals surface area contributed by atoms with Gasteiger partial charge in [0.05, 0.1) is 38.5 Å². The van der Waals surface area contributed by atoms with Crippen LogP contribution in [0.5, 0.6) is 5.75 Å². The van der Waals surface area contributed by atoms with Crippen LogP contribution in [0.4, 0.5) is 11.4 Å². The van der Waals surface area contributed by atoms with Crippen LogP contribution < -0.4 is 10.1 Å². The maximum atomic E-state index is 14.8. The zero-order chi connectivity index (χ0) is 41.9. The fourth-order valence-electron chi connectivity index (χ4n) is 7.17. The number of hydrogen-bond donors (Lipinski definition) is 1. The summed E-state index contributed by atoms with van der Waals surface area (Å²) in [7, 11) is -1.97. The number of aryl methyl sites for hydroxylation is 1. The number of esters is 2. The summed E-state index contributed by atoms with van der Waals surface area (Å²) in [6.07, 6.45) is 20.6. The van der Waals surface area contributed by atoms with Crippen molar-refractivity contribution in [2.75, 3.05) is 32.7 Å². The first-order valence-corrected chi connectivity index (χ1v) is 22.5. The number of fused-ring (bicyclic) bond motifs is 1. The second-order valence-electron chi connectivity index (χ2n) is 14.9. The summed E-state index contributed by atoms with van der Waals surface area (Å²) in [6, 6.07) is 10.0. The van der Waals surface area contributed by atoms with Crippen LogP contribution in [0.25, 0.3) is 0 Å². The first kappa shape index (κ1) is 46.0. The van der Waals surface area contributed by atoms with E-state index in [2.05, 4.69) is 17.2 Å². The Morgan fingerprint density at radius 2 is 1.34 bits per heavy atom. The van der Waals surface area contributed by atoms with Gasteiger partial charge in [0.15, 0.2) is 23.3 Å². The number of hydrogen-bond acceptors (Lipinski definition) is 10. The molecule has 1 aromatic heterocycles. The van der Waals surface area contributed by atoms with Crippen LogP contribution in [-0.2, 0) is 24.3 Å². The Kier molecular flexibility index (Phi) is 18.7. The van der Waals surface area contributed by atoms with Crippen LogP contribution in [0.1, 0.15) is 156 Å². The maximum absolute atomic E-state index is 14.8. The molecule has 0 fully saturated rings. The average molecular weight is 822 g/mol. The van der Waals surface area contributed by atoms with Crippen LogP contribution in [0, 0.1) is 6.92 Å². The summed E-state index contributed by atoms with van der Waals surface area (Å²) in [5.74, 6) is -2.44. The number of anilines is 1. The van der Waals surface area contributed by atoms with E-state index in [4.69, 9.17) is 19.2 Å². The first-order valence-electron chi connectivity index (χ1n) is 21.1. The van der Waals surface area contributed by atoms with Gasteiger partial charge in [-0.3, -0.25) is 9.10 Å². The molecule has 0 spiro atoms. The third-order valence-electron chi connectivity index (χ3n) is 10.3. The highest BCUT2D eigenvalue weighted by molar-refractivity contribution is 7.90. The Hall–Kier alpha value is -4.72. The average Bonchev–Trinajstić information content (AvgIpc) is 3.65. The zero-order valence-electron chi connectivity index (χ0n) is 35.1. The summed E-state index contributed by atoms with van der Waals surface area (Å²) >= 11 is 0. The molecule has 2 heterocycles. The number of benzene rings is 2. The Morgan fingerprint density at radius 3 is 1.93 bits per heavy atom. The first-order chi connectivity index (χ1) is 28.1. The number of para-hydroxylation sites is 1. The SMILES string of the molecule is CCCCCCCCCCCCCCCCCCN1C(C(C(=O)Nc2cc(C)ccc2OCCC)n2cnc(C(=O)OC)c2C(=O)OC)=Nc2ccccc2S1(=O)=O. The van der Waals surface area contributed by atoms with Gasteiger partial charge >= 0.3 is 11.9 Å². The van der Waals surface area contributed by atoms with Gasteiger partial charge in [-0.2, -0.15) is 0 Å². The Balaban J connectivity index is 1.58. The lowest BCUT2D eigenvalue weighted by molar-refractivity contribution is -0.117. The topological polar surface area (TPSA) is 158 Å². The van der Waals surface area contributed by atoms with E-state index in [-0.39, 0.29) is 23.0 Å². The van der Waals surface area contributed by atoms with Gasteiger partial charge in [-0.05, 0) is 49.6 Å². The van der Waals surface area contributed by atoms with Crippen molar-refractivity contribution in [1.29, 1.82) is 0 Å². The Labute approximate surface area is 345 Å². The Morgan fingerprint density at radius 1 is 0.759 bits per heavy atom. The van der Waals surface area contributed by atoms with Crippen LogP contribution >= 0.6 is 0 Å². The molecule has 0 aliphatic carbocycles. The number of imidazole rings is 1. The molecular weight excluding hydrogens is 759 g/mol. The third kappa shape index (κ3) is 12.4. The molecule has 58 heavy (non-hydrogen) atoms. The number of ether oxygens (including phenoxy) is 3. The summed E-state index contributed by atoms with van der Waals surface area (Å²) < 4.78 is 47.1. The van der Waals surface area contributed by atoms with E-state index in [0.717, 1.165) is 67.1 Å². The number of rotatable bonds is 26. The van der Waals surface area contributed by atoms with Gasteiger partial charge < -0.3 is 24.1 Å². The number of amides is 1. The molecular formula is C44H63N5O8S. The zero-order valence-corrected chi connectivity index (χ0v) is 35.9. The fraction of sp³-hybridized carbons (Fsp3) is 0.568. The highest BCUT2D eigenvalue weighted by Gasteiger charge is 2.43. The molecule has 0 saturated carbocycles. The van der Waals surface area contributed by atoms with E-state index < -0.39 is 45.3 Å². The standard InChI is InChI=1S/C44H63N5O8S/c1-6-8-9-10-11-12-13-14-15-16-17-18-19-20-21-24-29-49-41(46-34-25-22-23-26-37(34)58(49,53)54)40(48-32-45-38(43(51)55-4)39(48)44(52)56-5)42(50)47-35-31-33(3)27-28-36(35)57-30-7-2/h22-23,25-28,31-32,40H,6-21,24,29-30H2,1-5H3,(H,47,50). The van der Waals surface area contributed by atoms with Gasteiger partial charge in [0.2, 0.25) is 0 Å². The number of aromatic nitrogens is 2. The largest absolute Gasteiger partial charge is 0.491 e. The number of methoxy groups -OCH3 is 2. The minimum Gasteiger partial charge on any atom is -0.491 e. The van der Waals surface area contributed by atoms with Gasteiger partial charge in [-0.15, -0.1) is 0 Å². The lowest BCUT2D eigenvalue weighted by atomic mass is 10.0. The predicted octanol–water partition coefficient (Wildman–Crippen LogP) is 9.73. The molecule has 1 N–H and O–H groups in total. The third-order valence-corrected chi connectivity index (χ3v) is 12.2. The van der Waals surface area contributed by atoms with Crippen molar-refractivity contribution in [2.45, 2.75) is 141 Å². The molecule has 13 nitrogen and oxygen atoms in total. The summed E-state index contributed by atoms with van der Waals surface area (Å²) in [4.78, 5) is 49.9. The number of nitrogens with one attached hydrogen (secondary N) is 1. The molecule has 0 radical (unpaired) electrons. The molecule has 14 heteroatoms. The predicted molar refractivity (Wildman–Crippen MR) is 227 cm³/mol. The molecule has 0 saturated heterocycles. The van der Waals surface area contributed by atoms with Crippen LogP contribution in [0.15, 0.2) is 58.7 Å². The normalized spacial score (nSPS) is 13.7. The molecule has 1 aliphatic rings. The van der Waals surface area contributed by atoms with Crippen molar-refractivity contribution in [3.8, 4) is 5.75 Å². The number of nitrogens with zero attached hydrogens (tertiary/aromatic N) is 4. The quantitative estimate of drug-likeness (QED) is 0.0615. The minimum atomic E-state index is -4.24. The van der Waals surface area contributed by atoms with E-state index in [0.29, 0.717) is 24.5 Å². The van der Waals surface area contributed by atoms with Crippen LogP contribution in [-0.4, -0.2) is 73.3 Å². The molecule has 318 valence electrons. The second kappa shape index (κ2) is 23.6. The number of unbranched alkanes of at least 4 members (excludes halogenated alkanes) is 15. The van der Waals surface area contributed by atoms with Gasteiger partial charge in [-0.25, -0.2) is 28.0 Å². The van der Waals surface area contributed by atoms with E-state index in [1.165, 1.54) is 76.7 Å². The van der Waals surface area contributed by atoms with Crippen molar-refractivity contribution in [3.63, 3.8) is 0 Å². The monoisotopic (exact) mass is 821 g/mol. The molecule has 3 aromatic rings. The van der Waals surface area contributed by atoms with Crippen LogP contribution in [0.2, 0.25) is 0 Å². The number of aliphatic imine (C=N–C) groups is 1. The van der Waals surface area contributed by atoms with E-state index in [9.17, 15) is 22.8 Å². The number of carbonyl (C=O) groups excluding carboxylic acids is 3. The minimum absolute atomic E-state index is 0.00240. The summed E-state index contributed by atoms with van der Waals surface area (Å²) in [5.41, 5.74) is 0.494. The maximum Gasteiger partial charge on any atom is 0.359 e. The number of sulfonamides is 1. The van der Waals surface area contributed by atoms with E-state index >= 15 is 0 Å². The Bertz CT molecular complexity index is 1940. The smallest absolute Gasteiger partial charge is 0.359 e. The van der Waals surface area contributed by atoms with Gasteiger partial charge in [0.1, 0.15) is 10.6 Å². The van der Waals surface area contributed by atoms with Crippen LogP contribution in [0.3, 0.4) is 0 Å². The molecule has 2 aromatic carbocycles. The number of carbonyl (C=O) groups is 3. The molecule has 1 aliphatic heterocycles. The molecule has 1 atom stereocenters. The van der Waals surface area contributed by atoms with E-state index in [1.54, 1.807) is 30.3 Å². The molecule has 1 unspecified atom stereocenters. The summed E-state index contributed by atoms with van der Waals surface area (Å²) in [5, 5.41) is 2.91. The number of amidine groups is 1. The van der Waals surface area contributed by atoms with Gasteiger partial charge in [-0.1, -0.05) is 128 Å². The highest BCUT2D eigenvalue weighted by atomic mass is 32.2. The van der Waals surface area contributed by atoms with Crippen molar-refractivity contribution in [1.82, 2.24) is 13.9 Å². The lowest BCUT2D eigenvalue weighted by Gasteiger charge is -2.34. The van der Waals surface area contributed by atoms with Crippen molar-refractivity contribution in [3.05, 3.63) is 65.7 Å². The fourth-order valence-corrected chi connectivity index (χ4v) is 8.80. The second-order valence-corrected chi connectivity index (χ2v) is 16.7. The van der Waals surface area contributed by atoms with Crippen molar-refractivity contribution < 1.29 is 37.0 Å².